The molecule has 0 bridgehead atoms. The zero-order valence-corrected chi connectivity index (χ0v) is 14.9. The number of ketones is 2. The number of rotatable bonds is 4. The number of carbonyl (C=O) groups is 2. The SMILES string of the molecule is Cn1cc(C(=O)C(C)(C)S(C)(=O)=O)cc1C(=O)C(Cl)(Cl)Cl. The smallest absolute Gasteiger partial charge is 0.255 e. The maximum atomic E-state index is 12.3. The first-order valence-electron chi connectivity index (χ1n) is 5.72. The summed E-state index contributed by atoms with van der Waals surface area (Å²) in [4.78, 5) is 24.3. The third kappa shape index (κ3) is 3.62. The van der Waals surface area contributed by atoms with E-state index in [9.17, 15) is 18.0 Å². The summed E-state index contributed by atoms with van der Waals surface area (Å²) >= 11 is 16.6. The van der Waals surface area contributed by atoms with E-state index < -0.39 is 29.9 Å². The molecule has 0 aliphatic carbocycles. The van der Waals surface area contributed by atoms with E-state index in [1.807, 2.05) is 0 Å². The zero-order chi connectivity index (χ0) is 16.8. The van der Waals surface area contributed by atoms with Gasteiger partial charge in [-0.3, -0.25) is 9.59 Å². The Kier molecular flexibility index (Phi) is 4.91. The molecule has 0 radical (unpaired) electrons. The average molecular weight is 375 g/mol. The van der Waals surface area contributed by atoms with Crippen LogP contribution in [-0.4, -0.2) is 39.3 Å². The summed E-state index contributed by atoms with van der Waals surface area (Å²) in [5.74, 6) is -1.44. The van der Waals surface area contributed by atoms with Crippen LogP contribution in [0.5, 0.6) is 0 Å². The van der Waals surface area contributed by atoms with E-state index in [4.69, 9.17) is 34.8 Å². The minimum Gasteiger partial charge on any atom is -0.347 e. The van der Waals surface area contributed by atoms with Gasteiger partial charge in [-0.1, -0.05) is 34.8 Å². The van der Waals surface area contributed by atoms with Crippen LogP contribution >= 0.6 is 34.8 Å². The molecule has 118 valence electrons. The van der Waals surface area contributed by atoms with Crippen molar-refractivity contribution in [1.29, 1.82) is 0 Å². The lowest BCUT2D eigenvalue weighted by Crippen LogP contribution is -2.39. The second-order valence-electron chi connectivity index (χ2n) is 5.16. The van der Waals surface area contributed by atoms with Crippen LogP contribution in [0.2, 0.25) is 0 Å². The van der Waals surface area contributed by atoms with E-state index in [1.54, 1.807) is 0 Å². The monoisotopic (exact) mass is 373 g/mol. The summed E-state index contributed by atoms with van der Waals surface area (Å²) in [6.45, 7) is 2.60. The zero-order valence-electron chi connectivity index (χ0n) is 11.8. The summed E-state index contributed by atoms with van der Waals surface area (Å²) in [5.41, 5.74) is 0.0631. The second kappa shape index (κ2) is 5.57. The van der Waals surface area contributed by atoms with Crippen LogP contribution < -0.4 is 0 Å². The highest BCUT2D eigenvalue weighted by Crippen LogP contribution is 2.31. The lowest BCUT2D eigenvalue weighted by atomic mass is 10.0. The Morgan fingerprint density at radius 1 is 1.14 bits per heavy atom. The molecule has 0 atom stereocenters. The molecular formula is C12H14Cl3NO4S. The van der Waals surface area contributed by atoms with Crippen LogP contribution in [-0.2, 0) is 16.9 Å². The van der Waals surface area contributed by atoms with Gasteiger partial charge in [0, 0.05) is 25.1 Å². The van der Waals surface area contributed by atoms with Gasteiger partial charge in [-0.25, -0.2) is 8.42 Å². The van der Waals surface area contributed by atoms with Crippen LogP contribution in [0.1, 0.15) is 34.7 Å². The first-order valence-corrected chi connectivity index (χ1v) is 8.74. The fourth-order valence-electron chi connectivity index (χ4n) is 1.58. The summed E-state index contributed by atoms with van der Waals surface area (Å²) in [7, 11) is -2.13. The third-order valence-electron chi connectivity index (χ3n) is 3.23. The Morgan fingerprint density at radius 3 is 2.00 bits per heavy atom. The van der Waals surface area contributed by atoms with Gasteiger partial charge in [0.1, 0.15) is 4.75 Å². The number of hydrogen-bond acceptors (Lipinski definition) is 4. The molecule has 0 fully saturated rings. The summed E-state index contributed by atoms with van der Waals surface area (Å²) < 4.78 is 20.9. The van der Waals surface area contributed by atoms with Crippen molar-refractivity contribution in [3.05, 3.63) is 23.5 Å². The van der Waals surface area contributed by atoms with Crippen molar-refractivity contribution in [3.8, 4) is 0 Å². The largest absolute Gasteiger partial charge is 0.347 e. The normalized spacial score (nSPS) is 13.3. The average Bonchev–Trinajstić information content (AvgIpc) is 2.66. The number of aryl methyl sites for hydroxylation is 1. The van der Waals surface area contributed by atoms with Crippen LogP contribution in [0, 0.1) is 0 Å². The molecule has 0 amide bonds. The molecule has 21 heavy (non-hydrogen) atoms. The molecule has 5 nitrogen and oxygen atoms in total. The molecule has 0 unspecified atom stereocenters. The second-order valence-corrected chi connectivity index (χ2v) is 10.0. The number of sulfone groups is 1. The molecule has 0 saturated carbocycles. The van der Waals surface area contributed by atoms with Crippen LogP contribution in [0.4, 0.5) is 0 Å². The molecule has 0 saturated heterocycles. The van der Waals surface area contributed by atoms with Crippen molar-refractivity contribution in [1.82, 2.24) is 4.57 Å². The van der Waals surface area contributed by atoms with Gasteiger partial charge in [0.05, 0.1) is 5.69 Å². The number of carbonyl (C=O) groups excluding carboxylic acids is 2. The Hall–Kier alpha value is -0.560. The van der Waals surface area contributed by atoms with Gasteiger partial charge in [-0.15, -0.1) is 0 Å². The molecule has 0 aliphatic heterocycles. The van der Waals surface area contributed by atoms with Gasteiger partial charge in [0.2, 0.25) is 5.78 Å². The summed E-state index contributed by atoms with van der Waals surface area (Å²) in [6, 6.07) is 1.22. The molecule has 9 heteroatoms. The lowest BCUT2D eigenvalue weighted by molar-refractivity contribution is 0.0953. The first-order chi connectivity index (χ1) is 9.19. The molecule has 1 heterocycles. The van der Waals surface area contributed by atoms with Crippen molar-refractivity contribution >= 4 is 56.2 Å². The fraction of sp³-hybridized carbons (Fsp3) is 0.500. The molecule has 1 aromatic heterocycles. The van der Waals surface area contributed by atoms with Crippen molar-refractivity contribution in [3.63, 3.8) is 0 Å². The quantitative estimate of drug-likeness (QED) is 0.600. The first kappa shape index (κ1) is 18.5. The Morgan fingerprint density at radius 2 is 1.62 bits per heavy atom. The van der Waals surface area contributed by atoms with Gasteiger partial charge >= 0.3 is 0 Å². The van der Waals surface area contributed by atoms with Crippen LogP contribution in [0.25, 0.3) is 0 Å². The number of alkyl halides is 3. The molecule has 0 aliphatic rings. The number of hydrogen-bond donors (Lipinski definition) is 0. The van der Waals surface area contributed by atoms with Gasteiger partial charge in [0.15, 0.2) is 15.6 Å². The highest BCUT2D eigenvalue weighted by Gasteiger charge is 2.40. The van der Waals surface area contributed by atoms with E-state index in [-0.39, 0.29) is 11.3 Å². The number of Topliss-reactive ketones (excluding diaryl/α,β-unsaturated/α-hetero) is 2. The van der Waals surface area contributed by atoms with Crippen molar-refractivity contribution in [2.24, 2.45) is 7.05 Å². The van der Waals surface area contributed by atoms with Gasteiger partial charge < -0.3 is 4.57 Å². The maximum Gasteiger partial charge on any atom is 0.255 e. The van der Waals surface area contributed by atoms with Crippen molar-refractivity contribution in [2.75, 3.05) is 6.26 Å². The Bertz CT molecular complexity index is 699. The van der Waals surface area contributed by atoms with Gasteiger partial charge in [0.25, 0.3) is 3.79 Å². The predicted octanol–water partition coefficient (Wildman–Crippen LogP) is 2.58. The van der Waals surface area contributed by atoms with E-state index in [0.717, 1.165) is 6.26 Å². The minimum atomic E-state index is -3.62. The molecule has 0 aromatic carbocycles. The lowest BCUT2D eigenvalue weighted by Gasteiger charge is -2.19. The standard InChI is InChI=1S/C12H14Cl3NO4S/c1-11(2,21(4,19)20)9(17)7-5-8(16(3)6-7)10(18)12(13,14)15/h5-6H,1-4H3. The summed E-state index contributed by atoms with van der Waals surface area (Å²) in [5, 5.41) is 0. The van der Waals surface area contributed by atoms with Crippen LogP contribution in [0.3, 0.4) is 0 Å². The maximum absolute atomic E-state index is 12.3. The molecule has 1 aromatic rings. The van der Waals surface area contributed by atoms with Gasteiger partial charge in [-0.2, -0.15) is 0 Å². The predicted molar refractivity (Wildman–Crippen MR) is 83.3 cm³/mol. The molecule has 1 rings (SSSR count). The molecule has 0 N–H and O–H groups in total. The fourth-order valence-corrected chi connectivity index (χ4v) is 2.32. The van der Waals surface area contributed by atoms with E-state index >= 15 is 0 Å². The number of halogens is 3. The number of nitrogens with zero attached hydrogens (tertiary/aromatic N) is 1. The molecule has 0 spiro atoms. The highest BCUT2D eigenvalue weighted by atomic mass is 35.6. The van der Waals surface area contributed by atoms with Crippen LogP contribution in [0.15, 0.2) is 12.3 Å². The topological polar surface area (TPSA) is 73.2 Å². The number of aromatic nitrogens is 1. The van der Waals surface area contributed by atoms with E-state index in [0.29, 0.717) is 0 Å². The van der Waals surface area contributed by atoms with Crippen molar-refractivity contribution < 1.29 is 18.0 Å². The summed E-state index contributed by atoms with van der Waals surface area (Å²) in [6.07, 6.45) is 2.31. The Labute approximate surface area is 138 Å². The third-order valence-corrected chi connectivity index (χ3v) is 5.79. The molecular weight excluding hydrogens is 361 g/mol. The van der Waals surface area contributed by atoms with Gasteiger partial charge in [-0.05, 0) is 19.9 Å². The van der Waals surface area contributed by atoms with E-state index in [2.05, 4.69) is 0 Å². The highest BCUT2D eigenvalue weighted by molar-refractivity contribution is 7.92. The minimum absolute atomic E-state index is 0.00245. The Balaban J connectivity index is 3.32. The van der Waals surface area contributed by atoms with Crippen molar-refractivity contribution in [2.45, 2.75) is 22.4 Å². The van der Waals surface area contributed by atoms with E-state index in [1.165, 1.54) is 37.7 Å².